The summed E-state index contributed by atoms with van der Waals surface area (Å²) in [5.41, 5.74) is 0. The lowest BCUT2D eigenvalue weighted by Crippen LogP contribution is -2.20. The Kier molecular flexibility index (Phi) is 7.10. The summed E-state index contributed by atoms with van der Waals surface area (Å²) in [6, 6.07) is 0. The normalized spacial score (nSPS) is 10.7. The van der Waals surface area contributed by atoms with E-state index in [1.165, 1.54) is 0 Å². The molecule has 1 unspecified atom stereocenters. The SMILES string of the molecule is CCOC(OCC)[Si]P. The topological polar surface area (TPSA) is 18.5 Å². The number of rotatable bonds is 5. The second kappa shape index (κ2) is 6.68. The summed E-state index contributed by atoms with van der Waals surface area (Å²) in [5.74, 6) is 0.00463. The summed E-state index contributed by atoms with van der Waals surface area (Å²) in [4.78, 5) is 0. The lowest BCUT2D eigenvalue weighted by Gasteiger charge is -2.12. The van der Waals surface area contributed by atoms with Crippen molar-refractivity contribution in [2.75, 3.05) is 13.2 Å². The van der Waals surface area contributed by atoms with E-state index in [0.29, 0.717) is 9.19 Å². The molecule has 0 amide bonds. The van der Waals surface area contributed by atoms with E-state index in [0.717, 1.165) is 13.2 Å². The molecule has 4 heteroatoms. The van der Waals surface area contributed by atoms with Gasteiger partial charge in [0.05, 0.1) is 0 Å². The van der Waals surface area contributed by atoms with Crippen molar-refractivity contribution >= 4 is 18.0 Å². The van der Waals surface area contributed by atoms with Crippen molar-refractivity contribution in [1.82, 2.24) is 0 Å². The molecule has 2 radical (unpaired) electrons. The molecule has 0 aromatic carbocycles. The van der Waals surface area contributed by atoms with Crippen LogP contribution in [0.3, 0.4) is 0 Å². The molecule has 0 aliphatic rings. The van der Waals surface area contributed by atoms with E-state index in [4.69, 9.17) is 9.47 Å². The van der Waals surface area contributed by atoms with Gasteiger partial charge in [-0.3, -0.25) is 0 Å². The minimum atomic E-state index is 0.00463. The van der Waals surface area contributed by atoms with Gasteiger partial charge in [0.25, 0.3) is 0 Å². The minimum Gasteiger partial charge on any atom is -0.357 e. The van der Waals surface area contributed by atoms with Gasteiger partial charge < -0.3 is 9.47 Å². The molecule has 0 aliphatic carbocycles. The van der Waals surface area contributed by atoms with Crippen LogP contribution in [0.25, 0.3) is 0 Å². The van der Waals surface area contributed by atoms with Crippen molar-refractivity contribution in [2.24, 2.45) is 0 Å². The molecule has 0 fully saturated rings. The van der Waals surface area contributed by atoms with Crippen molar-refractivity contribution < 1.29 is 9.47 Å². The van der Waals surface area contributed by atoms with Gasteiger partial charge in [-0.15, -0.1) is 8.79 Å². The molecule has 0 bridgehead atoms. The first-order valence-corrected chi connectivity index (χ1v) is 5.93. The molecule has 0 saturated carbocycles. The maximum absolute atomic E-state index is 5.20. The maximum atomic E-state index is 5.20. The average Bonchev–Trinajstić information content (AvgIpc) is 1.88. The number of hydrogen-bond donors (Lipinski definition) is 0. The maximum Gasteiger partial charge on any atom is 0.144 e. The minimum absolute atomic E-state index is 0.00463. The van der Waals surface area contributed by atoms with Crippen molar-refractivity contribution in [3.05, 3.63) is 0 Å². The summed E-state index contributed by atoms with van der Waals surface area (Å²) < 4.78 is 10.4. The van der Waals surface area contributed by atoms with Gasteiger partial charge in [0.15, 0.2) is 0 Å². The van der Waals surface area contributed by atoms with Gasteiger partial charge in [0.1, 0.15) is 15.1 Å². The second-order valence-corrected chi connectivity index (χ2v) is 3.21. The van der Waals surface area contributed by atoms with Crippen molar-refractivity contribution in [3.63, 3.8) is 0 Å². The second-order valence-electron chi connectivity index (χ2n) is 1.41. The predicted octanol–water partition coefficient (Wildman–Crippen LogP) is 0.837. The molecule has 0 heterocycles. The van der Waals surface area contributed by atoms with Crippen molar-refractivity contribution in [3.8, 4) is 0 Å². The van der Waals surface area contributed by atoms with Gasteiger partial charge in [-0.1, -0.05) is 0 Å². The Labute approximate surface area is 61.2 Å². The summed E-state index contributed by atoms with van der Waals surface area (Å²) >= 11 is 0. The standard InChI is InChI=1S/C5H13O2PSi/c1-3-6-5(9-8)7-4-2/h5H,3-4,8H2,1-2H3. The van der Waals surface area contributed by atoms with Crippen LogP contribution in [0.5, 0.6) is 0 Å². The van der Waals surface area contributed by atoms with Crippen LogP contribution < -0.4 is 0 Å². The Balaban J connectivity index is 3.18. The first-order chi connectivity index (χ1) is 4.35. The van der Waals surface area contributed by atoms with Gasteiger partial charge in [0, 0.05) is 13.2 Å². The Morgan fingerprint density at radius 1 is 1.33 bits per heavy atom. The van der Waals surface area contributed by atoms with Crippen LogP contribution in [0.15, 0.2) is 0 Å². The Bertz CT molecular complexity index is 56.9. The third kappa shape index (κ3) is 5.03. The molecular formula is C5H13O2PSi. The third-order valence-electron chi connectivity index (χ3n) is 0.772. The molecular weight excluding hydrogens is 151 g/mol. The molecule has 0 rings (SSSR count). The Morgan fingerprint density at radius 2 is 1.78 bits per heavy atom. The molecule has 0 N–H and O–H groups in total. The third-order valence-corrected chi connectivity index (χ3v) is 2.19. The van der Waals surface area contributed by atoms with E-state index in [1.807, 2.05) is 13.8 Å². The van der Waals surface area contributed by atoms with Crippen LogP contribution in [0.2, 0.25) is 0 Å². The van der Waals surface area contributed by atoms with E-state index in [-0.39, 0.29) is 5.91 Å². The monoisotopic (exact) mass is 164 g/mol. The van der Waals surface area contributed by atoms with Crippen LogP contribution in [0.1, 0.15) is 13.8 Å². The highest BCUT2D eigenvalue weighted by Crippen LogP contribution is 1.95. The molecule has 0 aliphatic heterocycles. The lowest BCUT2D eigenvalue weighted by molar-refractivity contribution is -0.0809. The van der Waals surface area contributed by atoms with Gasteiger partial charge in [-0.05, 0) is 13.8 Å². The fraction of sp³-hybridized carbons (Fsp3) is 1.00. The summed E-state index contributed by atoms with van der Waals surface area (Å²) in [5, 5.41) is 0. The van der Waals surface area contributed by atoms with E-state index < -0.39 is 0 Å². The van der Waals surface area contributed by atoms with Crippen molar-refractivity contribution in [1.29, 1.82) is 0 Å². The summed E-state index contributed by atoms with van der Waals surface area (Å²) in [7, 11) is 3.25. The van der Waals surface area contributed by atoms with E-state index in [2.05, 4.69) is 8.79 Å². The van der Waals surface area contributed by atoms with Gasteiger partial charge in [0.2, 0.25) is 0 Å². The van der Waals surface area contributed by atoms with Crippen LogP contribution in [-0.2, 0) is 9.47 Å². The van der Waals surface area contributed by atoms with Gasteiger partial charge in [-0.25, -0.2) is 0 Å². The summed E-state index contributed by atoms with van der Waals surface area (Å²) in [6.45, 7) is 5.39. The van der Waals surface area contributed by atoms with Crippen LogP contribution in [0, 0.1) is 0 Å². The van der Waals surface area contributed by atoms with Crippen LogP contribution >= 0.6 is 8.79 Å². The Morgan fingerprint density at radius 3 is 2.00 bits per heavy atom. The molecule has 0 spiro atoms. The van der Waals surface area contributed by atoms with Crippen LogP contribution in [-0.4, -0.2) is 28.3 Å². The average molecular weight is 164 g/mol. The highest BCUT2D eigenvalue weighted by Gasteiger charge is 2.02. The first kappa shape index (κ1) is 9.57. The zero-order valence-corrected chi connectivity index (χ0v) is 8.04. The highest BCUT2D eigenvalue weighted by molar-refractivity contribution is 7.55. The molecule has 0 saturated heterocycles. The van der Waals surface area contributed by atoms with Crippen LogP contribution in [0.4, 0.5) is 0 Å². The fourth-order valence-corrected chi connectivity index (χ4v) is 1.55. The summed E-state index contributed by atoms with van der Waals surface area (Å²) in [6.07, 6.45) is 0. The molecule has 0 aromatic rings. The quantitative estimate of drug-likeness (QED) is 0.340. The molecule has 9 heavy (non-hydrogen) atoms. The predicted molar refractivity (Wildman–Crippen MR) is 42.5 cm³/mol. The first-order valence-electron chi connectivity index (χ1n) is 3.04. The molecule has 1 atom stereocenters. The largest absolute Gasteiger partial charge is 0.357 e. The van der Waals surface area contributed by atoms with E-state index in [9.17, 15) is 0 Å². The highest BCUT2D eigenvalue weighted by atomic mass is 31.3. The fourth-order valence-electron chi connectivity index (χ4n) is 0.447. The van der Waals surface area contributed by atoms with E-state index in [1.54, 1.807) is 0 Å². The molecule has 2 nitrogen and oxygen atoms in total. The number of hydrogen-bond acceptors (Lipinski definition) is 2. The molecule has 0 aromatic heterocycles. The lowest BCUT2D eigenvalue weighted by atomic mass is 10.9. The zero-order valence-electron chi connectivity index (χ0n) is 5.89. The van der Waals surface area contributed by atoms with E-state index >= 15 is 0 Å². The smallest absolute Gasteiger partial charge is 0.144 e. The Hall–Kier alpha value is 0.567. The number of ether oxygens (including phenoxy) is 2. The van der Waals surface area contributed by atoms with Crippen molar-refractivity contribution in [2.45, 2.75) is 19.8 Å². The molecule has 54 valence electrons. The zero-order chi connectivity index (χ0) is 7.11. The van der Waals surface area contributed by atoms with Gasteiger partial charge >= 0.3 is 0 Å². The van der Waals surface area contributed by atoms with Gasteiger partial charge in [-0.2, -0.15) is 0 Å².